The van der Waals surface area contributed by atoms with Crippen LogP contribution < -0.4 is 0 Å². The van der Waals surface area contributed by atoms with Crippen molar-refractivity contribution in [2.75, 3.05) is 13.1 Å². The van der Waals surface area contributed by atoms with Crippen molar-refractivity contribution in [2.24, 2.45) is 0 Å². The molecule has 5 heteroatoms. The minimum absolute atomic E-state index is 0.130. The van der Waals surface area contributed by atoms with Gasteiger partial charge in [-0.3, -0.25) is 0 Å². The molecule has 1 fully saturated rings. The number of carbonyl (C=O) groups is 1. The van der Waals surface area contributed by atoms with Gasteiger partial charge in [0.05, 0.1) is 5.02 Å². The third-order valence-electron chi connectivity index (χ3n) is 3.35. The number of hydrogen-bond acceptors (Lipinski definition) is 2. The van der Waals surface area contributed by atoms with Crippen LogP contribution in [0, 0.1) is 11.7 Å². The first-order chi connectivity index (χ1) is 9.76. The second-order valence-electron chi connectivity index (χ2n) is 6.20. The molecule has 1 saturated heterocycles. The van der Waals surface area contributed by atoms with Gasteiger partial charge in [0.25, 0.3) is 0 Å². The lowest BCUT2D eigenvalue weighted by Crippen LogP contribution is -2.41. The number of amides is 1. The summed E-state index contributed by atoms with van der Waals surface area (Å²) < 4.78 is 18.8. The van der Waals surface area contributed by atoms with E-state index in [2.05, 4.69) is 0 Å². The molecule has 3 nitrogen and oxygen atoms in total. The van der Waals surface area contributed by atoms with Crippen LogP contribution in [-0.2, 0) is 4.74 Å². The van der Waals surface area contributed by atoms with E-state index in [-0.39, 0.29) is 11.1 Å². The van der Waals surface area contributed by atoms with E-state index in [1.807, 2.05) is 26.8 Å². The Balaban J connectivity index is 1.94. The SMILES string of the molecule is CC(C)(C)OC(=O)N1CC[C](c2ccc(Cl)c(F)c2)CC1. The quantitative estimate of drug-likeness (QED) is 0.767. The first-order valence-corrected chi connectivity index (χ1v) is 7.42. The van der Waals surface area contributed by atoms with Gasteiger partial charge in [-0.05, 0) is 51.3 Å². The summed E-state index contributed by atoms with van der Waals surface area (Å²) in [5, 5.41) is 0.130. The standard InChI is InChI=1S/C16H20ClFNO2/c1-16(2,3)21-15(20)19-8-6-11(7-9-19)12-4-5-13(17)14(18)10-12/h4-5,10H,6-9H2,1-3H3. The summed E-state index contributed by atoms with van der Waals surface area (Å²) >= 11 is 5.69. The van der Waals surface area contributed by atoms with E-state index < -0.39 is 11.4 Å². The summed E-state index contributed by atoms with van der Waals surface area (Å²) in [4.78, 5) is 13.7. The molecule has 1 amide bonds. The van der Waals surface area contributed by atoms with E-state index in [0.29, 0.717) is 13.1 Å². The molecule has 21 heavy (non-hydrogen) atoms. The van der Waals surface area contributed by atoms with Gasteiger partial charge in [-0.25, -0.2) is 9.18 Å². The number of nitrogens with zero attached hydrogens (tertiary/aromatic N) is 1. The van der Waals surface area contributed by atoms with Crippen molar-refractivity contribution in [2.45, 2.75) is 39.2 Å². The molecule has 0 unspecified atom stereocenters. The van der Waals surface area contributed by atoms with Gasteiger partial charge in [0.1, 0.15) is 11.4 Å². The molecule has 115 valence electrons. The molecule has 0 atom stereocenters. The summed E-state index contributed by atoms with van der Waals surface area (Å²) in [7, 11) is 0. The largest absolute Gasteiger partial charge is 0.444 e. The van der Waals surface area contributed by atoms with Crippen molar-refractivity contribution in [1.82, 2.24) is 4.90 Å². The zero-order valence-electron chi connectivity index (χ0n) is 12.6. The number of benzene rings is 1. The van der Waals surface area contributed by atoms with Crippen molar-refractivity contribution in [3.05, 3.63) is 40.5 Å². The lowest BCUT2D eigenvalue weighted by molar-refractivity contribution is 0.0228. The van der Waals surface area contributed by atoms with Crippen molar-refractivity contribution in [1.29, 1.82) is 0 Å². The van der Waals surface area contributed by atoms with Crippen LogP contribution in [0.1, 0.15) is 39.2 Å². The van der Waals surface area contributed by atoms with Gasteiger partial charge < -0.3 is 9.64 Å². The van der Waals surface area contributed by atoms with Crippen LogP contribution in [0.25, 0.3) is 0 Å². The van der Waals surface area contributed by atoms with Gasteiger partial charge in [-0.15, -0.1) is 0 Å². The van der Waals surface area contributed by atoms with E-state index in [1.165, 1.54) is 6.07 Å². The number of hydrogen-bond donors (Lipinski definition) is 0. The Hall–Kier alpha value is -1.29. The third-order valence-corrected chi connectivity index (χ3v) is 3.65. The van der Waals surface area contributed by atoms with Crippen LogP contribution in [0.2, 0.25) is 5.02 Å². The van der Waals surface area contributed by atoms with Gasteiger partial charge in [0, 0.05) is 19.0 Å². The fourth-order valence-electron chi connectivity index (χ4n) is 2.29. The van der Waals surface area contributed by atoms with E-state index in [9.17, 15) is 9.18 Å². The van der Waals surface area contributed by atoms with Crippen molar-refractivity contribution in [3.63, 3.8) is 0 Å². The molecule has 1 aromatic rings. The summed E-state index contributed by atoms with van der Waals surface area (Å²) in [5.74, 6) is 0.738. The van der Waals surface area contributed by atoms with E-state index in [1.54, 1.807) is 11.0 Å². The second kappa shape index (κ2) is 6.22. The van der Waals surface area contributed by atoms with E-state index in [0.717, 1.165) is 24.3 Å². The third kappa shape index (κ3) is 4.34. The zero-order chi connectivity index (χ0) is 15.6. The highest BCUT2D eigenvalue weighted by Gasteiger charge is 2.28. The molecule has 0 aliphatic carbocycles. The second-order valence-corrected chi connectivity index (χ2v) is 6.61. The molecular weight excluding hydrogens is 293 g/mol. The highest BCUT2D eigenvalue weighted by molar-refractivity contribution is 6.30. The molecule has 1 aliphatic heterocycles. The van der Waals surface area contributed by atoms with Gasteiger partial charge >= 0.3 is 6.09 Å². The number of ether oxygens (including phenoxy) is 1. The average Bonchev–Trinajstić information content (AvgIpc) is 2.40. The summed E-state index contributed by atoms with van der Waals surface area (Å²) in [6.07, 6.45) is 1.16. The Morgan fingerprint density at radius 2 is 1.90 bits per heavy atom. The molecule has 0 aromatic heterocycles. The first-order valence-electron chi connectivity index (χ1n) is 7.04. The van der Waals surface area contributed by atoms with Gasteiger partial charge in [-0.1, -0.05) is 17.7 Å². The van der Waals surface area contributed by atoms with E-state index >= 15 is 0 Å². The van der Waals surface area contributed by atoms with Crippen LogP contribution in [-0.4, -0.2) is 29.7 Å². The van der Waals surface area contributed by atoms with Crippen molar-refractivity contribution < 1.29 is 13.9 Å². The van der Waals surface area contributed by atoms with Crippen LogP contribution in [0.4, 0.5) is 9.18 Å². The Morgan fingerprint density at radius 3 is 2.43 bits per heavy atom. The van der Waals surface area contributed by atoms with Crippen LogP contribution >= 0.6 is 11.6 Å². The number of carbonyl (C=O) groups excluding carboxylic acids is 1. The Morgan fingerprint density at radius 1 is 1.29 bits per heavy atom. The topological polar surface area (TPSA) is 29.5 Å². The predicted molar refractivity (Wildman–Crippen MR) is 80.8 cm³/mol. The molecule has 0 spiro atoms. The molecule has 1 aromatic carbocycles. The van der Waals surface area contributed by atoms with Gasteiger partial charge in [0.15, 0.2) is 0 Å². The normalized spacial score (nSPS) is 16.9. The predicted octanol–water partition coefficient (Wildman–Crippen LogP) is 4.43. The van der Waals surface area contributed by atoms with Crippen molar-refractivity contribution >= 4 is 17.7 Å². The maximum absolute atomic E-state index is 13.5. The van der Waals surface area contributed by atoms with Gasteiger partial charge in [-0.2, -0.15) is 0 Å². The minimum atomic E-state index is -0.486. The molecule has 0 saturated carbocycles. The highest BCUT2D eigenvalue weighted by Crippen LogP contribution is 2.29. The fraction of sp³-hybridized carbons (Fsp3) is 0.500. The molecule has 1 heterocycles. The summed E-state index contributed by atoms with van der Waals surface area (Å²) in [6, 6.07) is 4.85. The number of likely N-dealkylation sites (tertiary alicyclic amines) is 1. The molecule has 0 N–H and O–H groups in total. The molecule has 1 radical (unpaired) electrons. The molecular formula is C16H20ClFNO2. The van der Waals surface area contributed by atoms with Gasteiger partial charge in [0.2, 0.25) is 0 Å². The lowest BCUT2D eigenvalue weighted by atomic mass is 9.89. The zero-order valence-corrected chi connectivity index (χ0v) is 13.3. The maximum atomic E-state index is 13.5. The summed E-state index contributed by atoms with van der Waals surface area (Å²) in [6.45, 7) is 6.73. The smallest absolute Gasteiger partial charge is 0.410 e. The monoisotopic (exact) mass is 312 g/mol. The summed E-state index contributed by atoms with van der Waals surface area (Å²) in [5.41, 5.74) is 0.376. The first kappa shape index (κ1) is 16.1. The van der Waals surface area contributed by atoms with E-state index in [4.69, 9.17) is 16.3 Å². The fourth-order valence-corrected chi connectivity index (χ4v) is 2.41. The Kier molecular flexibility index (Phi) is 4.77. The maximum Gasteiger partial charge on any atom is 0.410 e. The highest BCUT2D eigenvalue weighted by atomic mass is 35.5. The van der Waals surface area contributed by atoms with Crippen LogP contribution in [0.3, 0.4) is 0 Å². The number of halogens is 2. The van der Waals surface area contributed by atoms with Crippen molar-refractivity contribution in [3.8, 4) is 0 Å². The number of rotatable bonds is 1. The average molecular weight is 313 g/mol. The number of piperidine rings is 1. The van der Waals surface area contributed by atoms with Crippen LogP contribution in [0.15, 0.2) is 18.2 Å². The lowest BCUT2D eigenvalue weighted by Gasteiger charge is -2.33. The van der Waals surface area contributed by atoms with Crippen LogP contribution in [0.5, 0.6) is 0 Å². The molecule has 1 aliphatic rings. The Labute approximate surface area is 130 Å². The minimum Gasteiger partial charge on any atom is -0.444 e. The molecule has 0 bridgehead atoms. The molecule has 2 rings (SSSR count). The Bertz CT molecular complexity index is 519.